The maximum absolute atomic E-state index is 12.3. The molecule has 0 fully saturated rings. The summed E-state index contributed by atoms with van der Waals surface area (Å²) < 4.78 is 0. The second kappa shape index (κ2) is 8.42. The zero-order valence-corrected chi connectivity index (χ0v) is 16.3. The minimum Gasteiger partial charge on any atom is -0.354 e. The molecule has 1 heterocycles. The van der Waals surface area contributed by atoms with Crippen LogP contribution in [-0.2, 0) is 16.1 Å². The topological polar surface area (TPSA) is 78.9 Å². The fourth-order valence-corrected chi connectivity index (χ4v) is 3.82. The van der Waals surface area contributed by atoms with Gasteiger partial charge in [-0.25, -0.2) is 4.98 Å². The zero-order valence-electron chi connectivity index (χ0n) is 14.7. The van der Waals surface area contributed by atoms with Gasteiger partial charge >= 0.3 is 0 Å². The molecule has 0 aliphatic heterocycles. The highest BCUT2D eigenvalue weighted by Crippen LogP contribution is 2.37. The fraction of sp³-hybridized carbons (Fsp3) is 0.353. The number of benzene rings is 1. The fourth-order valence-electron chi connectivity index (χ4n) is 2.53. The Morgan fingerprint density at radius 2 is 2.08 bits per heavy atom. The number of thiazole rings is 1. The Labute approximate surface area is 156 Å². The molecule has 0 bridgehead atoms. The second-order valence-corrected chi connectivity index (χ2v) is 7.00. The summed E-state index contributed by atoms with van der Waals surface area (Å²) >= 11 is 7.78. The molecule has 8 heteroatoms. The predicted molar refractivity (Wildman–Crippen MR) is 100 cm³/mol. The van der Waals surface area contributed by atoms with Gasteiger partial charge in [0.05, 0.1) is 10.7 Å². The Morgan fingerprint density at radius 1 is 1.36 bits per heavy atom. The van der Waals surface area contributed by atoms with Crippen molar-refractivity contribution in [3.05, 3.63) is 39.4 Å². The number of halogens is 1. The van der Waals surface area contributed by atoms with E-state index in [1.807, 2.05) is 36.7 Å². The van der Waals surface area contributed by atoms with Crippen molar-refractivity contribution in [1.29, 1.82) is 0 Å². The van der Waals surface area contributed by atoms with Crippen molar-refractivity contribution in [2.45, 2.75) is 27.3 Å². The molecule has 134 valence electrons. The summed E-state index contributed by atoms with van der Waals surface area (Å²) in [6.45, 7) is 6.29. The summed E-state index contributed by atoms with van der Waals surface area (Å²) in [5.41, 5.74) is 3.44. The van der Waals surface area contributed by atoms with Crippen molar-refractivity contribution >= 4 is 45.6 Å². The van der Waals surface area contributed by atoms with Gasteiger partial charge in [-0.3, -0.25) is 14.5 Å². The molecule has 0 radical (unpaired) electrons. The molecule has 2 aromatic rings. The van der Waals surface area contributed by atoms with Crippen LogP contribution in [0.1, 0.15) is 23.7 Å². The lowest BCUT2D eigenvalue weighted by molar-refractivity contribution is -0.660. The van der Waals surface area contributed by atoms with Crippen LogP contribution in [0.5, 0.6) is 0 Å². The number of rotatable bonds is 6. The van der Waals surface area contributed by atoms with E-state index in [0.29, 0.717) is 28.9 Å². The minimum atomic E-state index is -0.149. The van der Waals surface area contributed by atoms with Crippen molar-refractivity contribution < 1.29 is 14.9 Å². The highest BCUT2D eigenvalue weighted by molar-refractivity contribution is 7.14. The van der Waals surface area contributed by atoms with Gasteiger partial charge in [0.2, 0.25) is 5.91 Å². The van der Waals surface area contributed by atoms with Gasteiger partial charge in [0.15, 0.2) is 11.7 Å². The number of hydrogen-bond donors (Lipinski definition) is 2. The van der Waals surface area contributed by atoms with Crippen LogP contribution in [-0.4, -0.2) is 30.4 Å². The summed E-state index contributed by atoms with van der Waals surface area (Å²) in [5.74, 6) is -0.188. The number of anilines is 2. The summed E-state index contributed by atoms with van der Waals surface area (Å²) in [6.07, 6.45) is 0. The second-order valence-electron chi connectivity index (χ2n) is 5.76. The standard InChI is InChI=1S/C17H21ClN4O2S/c1-10-5-11(2)16(14(18)6-10)22(12(3)23)17-21-13(9-25-17)7-20-8-15(24)19-4/h5-6,9,20H,7-8H2,1-4H3,(H,19,24)/p+1. The molecule has 3 N–H and O–H groups in total. The molecule has 1 aromatic heterocycles. The highest BCUT2D eigenvalue weighted by atomic mass is 35.5. The molecule has 0 aliphatic rings. The normalized spacial score (nSPS) is 10.6. The van der Waals surface area contributed by atoms with Gasteiger partial charge in [-0.2, -0.15) is 0 Å². The number of aryl methyl sites for hydroxylation is 2. The molecule has 0 spiro atoms. The van der Waals surface area contributed by atoms with Crippen molar-refractivity contribution in [2.75, 3.05) is 18.5 Å². The third-order valence-corrected chi connectivity index (χ3v) is 4.79. The number of likely N-dealkylation sites (N-methyl/N-ethyl adjacent to an activating group) is 1. The average Bonchev–Trinajstić information content (AvgIpc) is 2.98. The zero-order chi connectivity index (χ0) is 18.6. The lowest BCUT2D eigenvalue weighted by Crippen LogP contribution is -2.85. The molecule has 0 saturated heterocycles. The molecule has 0 unspecified atom stereocenters. The monoisotopic (exact) mass is 381 g/mol. The Balaban J connectivity index is 2.25. The van der Waals surface area contributed by atoms with Crippen LogP contribution < -0.4 is 15.5 Å². The van der Waals surface area contributed by atoms with Crippen LogP contribution in [0.15, 0.2) is 17.5 Å². The molecule has 2 rings (SSSR count). The first-order valence-corrected chi connectivity index (χ1v) is 9.13. The Kier molecular flexibility index (Phi) is 6.52. The van der Waals surface area contributed by atoms with E-state index >= 15 is 0 Å². The SMILES string of the molecule is CNC(=O)C[NH2+]Cc1csc(N(C(C)=O)c2c(C)cc(C)cc2Cl)n1. The van der Waals surface area contributed by atoms with Gasteiger partial charge in [-0.1, -0.05) is 17.7 Å². The van der Waals surface area contributed by atoms with Crippen LogP contribution in [0.4, 0.5) is 10.8 Å². The molecule has 0 saturated carbocycles. The number of amides is 2. The maximum Gasteiger partial charge on any atom is 0.274 e. The summed E-state index contributed by atoms with van der Waals surface area (Å²) in [6, 6.07) is 3.83. The van der Waals surface area contributed by atoms with E-state index in [2.05, 4.69) is 10.3 Å². The first-order chi connectivity index (χ1) is 11.8. The van der Waals surface area contributed by atoms with Gasteiger partial charge in [0, 0.05) is 19.4 Å². The number of nitrogens with two attached hydrogens (primary N) is 1. The van der Waals surface area contributed by atoms with E-state index in [9.17, 15) is 9.59 Å². The van der Waals surface area contributed by atoms with Crippen molar-refractivity contribution in [3.63, 3.8) is 0 Å². The molecular weight excluding hydrogens is 360 g/mol. The van der Waals surface area contributed by atoms with E-state index in [0.717, 1.165) is 16.8 Å². The number of hydrogen-bond acceptors (Lipinski definition) is 4. The largest absolute Gasteiger partial charge is 0.354 e. The first-order valence-electron chi connectivity index (χ1n) is 7.87. The highest BCUT2D eigenvalue weighted by Gasteiger charge is 2.22. The van der Waals surface area contributed by atoms with Gasteiger partial charge in [-0.05, 0) is 31.0 Å². The first kappa shape index (κ1) is 19.4. The molecule has 0 atom stereocenters. The van der Waals surface area contributed by atoms with E-state index < -0.39 is 0 Å². The van der Waals surface area contributed by atoms with Crippen LogP contribution in [0.25, 0.3) is 0 Å². The number of aromatic nitrogens is 1. The van der Waals surface area contributed by atoms with E-state index in [4.69, 9.17) is 11.6 Å². The van der Waals surface area contributed by atoms with Gasteiger partial charge in [0.25, 0.3) is 5.91 Å². The number of nitrogens with one attached hydrogen (secondary N) is 1. The number of carbonyl (C=O) groups excluding carboxylic acids is 2. The van der Waals surface area contributed by atoms with Gasteiger partial charge < -0.3 is 10.6 Å². The third kappa shape index (κ3) is 4.78. The quantitative estimate of drug-likeness (QED) is 0.802. The lowest BCUT2D eigenvalue weighted by Gasteiger charge is -2.22. The smallest absolute Gasteiger partial charge is 0.274 e. The molecule has 1 aromatic carbocycles. The van der Waals surface area contributed by atoms with Crippen LogP contribution >= 0.6 is 22.9 Å². The van der Waals surface area contributed by atoms with Crippen molar-refractivity contribution in [1.82, 2.24) is 10.3 Å². The molecular formula is C17H22ClN4O2S+. The Morgan fingerprint density at radius 3 is 2.68 bits per heavy atom. The molecule has 6 nitrogen and oxygen atoms in total. The van der Waals surface area contributed by atoms with Crippen LogP contribution in [0.3, 0.4) is 0 Å². The minimum absolute atomic E-state index is 0.0390. The van der Waals surface area contributed by atoms with Crippen LogP contribution in [0, 0.1) is 13.8 Å². The van der Waals surface area contributed by atoms with E-state index in [1.54, 1.807) is 11.9 Å². The third-order valence-electron chi connectivity index (χ3n) is 3.63. The predicted octanol–water partition coefficient (Wildman–Crippen LogP) is 1.91. The van der Waals surface area contributed by atoms with Crippen molar-refractivity contribution in [2.24, 2.45) is 0 Å². The summed E-state index contributed by atoms with van der Waals surface area (Å²) in [4.78, 5) is 29.6. The van der Waals surface area contributed by atoms with Crippen molar-refractivity contribution in [3.8, 4) is 0 Å². The Bertz CT molecular complexity index is 768. The lowest BCUT2D eigenvalue weighted by atomic mass is 10.1. The average molecular weight is 382 g/mol. The van der Waals surface area contributed by atoms with Gasteiger partial charge in [-0.15, -0.1) is 11.3 Å². The van der Waals surface area contributed by atoms with E-state index in [-0.39, 0.29) is 11.8 Å². The molecule has 0 aliphatic carbocycles. The van der Waals surface area contributed by atoms with E-state index in [1.165, 1.54) is 18.3 Å². The number of quaternary nitrogens is 1. The number of carbonyl (C=O) groups is 2. The maximum atomic E-state index is 12.3. The van der Waals surface area contributed by atoms with Crippen LogP contribution in [0.2, 0.25) is 5.02 Å². The molecule has 25 heavy (non-hydrogen) atoms. The molecule has 2 amide bonds. The summed E-state index contributed by atoms with van der Waals surface area (Å²) in [7, 11) is 1.61. The summed E-state index contributed by atoms with van der Waals surface area (Å²) in [5, 5.41) is 7.42. The number of nitrogens with zero attached hydrogens (tertiary/aromatic N) is 2. The van der Waals surface area contributed by atoms with Gasteiger partial charge in [0.1, 0.15) is 12.2 Å². The Hall–Kier alpha value is -1.96.